The Morgan fingerprint density at radius 3 is 3.00 bits per heavy atom. The summed E-state index contributed by atoms with van der Waals surface area (Å²) in [6, 6.07) is 7.95. The number of nitrogens with one attached hydrogen (secondary N) is 1. The molecule has 1 atom stereocenters. The van der Waals surface area contributed by atoms with Crippen LogP contribution in [0.1, 0.15) is 18.9 Å². The van der Waals surface area contributed by atoms with Gasteiger partial charge in [0, 0.05) is 29.9 Å². The Morgan fingerprint density at radius 2 is 2.28 bits per heavy atom. The SMILES string of the molecule is CC1CN(C(=O)Nc2cccnc2)CCC1=Cc1cc(Cl)ccc1F. The first-order valence-corrected chi connectivity index (χ1v) is 8.52. The molecular formula is C19H19ClFN3O. The molecule has 130 valence electrons. The molecule has 25 heavy (non-hydrogen) atoms. The van der Waals surface area contributed by atoms with Gasteiger partial charge in [0.15, 0.2) is 0 Å². The van der Waals surface area contributed by atoms with Crippen LogP contribution in [0.5, 0.6) is 0 Å². The van der Waals surface area contributed by atoms with Crippen molar-refractivity contribution in [3.8, 4) is 0 Å². The highest BCUT2D eigenvalue weighted by Gasteiger charge is 2.24. The van der Waals surface area contributed by atoms with Crippen molar-refractivity contribution in [2.24, 2.45) is 5.92 Å². The van der Waals surface area contributed by atoms with Gasteiger partial charge in [0.25, 0.3) is 0 Å². The van der Waals surface area contributed by atoms with Crippen molar-refractivity contribution < 1.29 is 9.18 Å². The van der Waals surface area contributed by atoms with E-state index in [1.807, 2.05) is 13.0 Å². The zero-order chi connectivity index (χ0) is 17.8. The van der Waals surface area contributed by atoms with E-state index in [0.717, 1.165) is 5.57 Å². The molecule has 2 amide bonds. The van der Waals surface area contributed by atoms with E-state index >= 15 is 0 Å². The number of hydrogen-bond acceptors (Lipinski definition) is 2. The molecule has 0 radical (unpaired) electrons. The monoisotopic (exact) mass is 359 g/mol. The van der Waals surface area contributed by atoms with Crippen LogP contribution in [0.15, 0.2) is 48.3 Å². The van der Waals surface area contributed by atoms with Gasteiger partial charge in [-0.2, -0.15) is 0 Å². The lowest BCUT2D eigenvalue weighted by Gasteiger charge is -2.33. The number of likely N-dealkylation sites (tertiary alicyclic amines) is 1. The van der Waals surface area contributed by atoms with Gasteiger partial charge >= 0.3 is 6.03 Å². The van der Waals surface area contributed by atoms with Crippen molar-refractivity contribution >= 4 is 29.4 Å². The first kappa shape index (κ1) is 17.4. The van der Waals surface area contributed by atoms with E-state index in [1.54, 1.807) is 35.5 Å². The molecule has 0 bridgehead atoms. The predicted molar refractivity (Wildman–Crippen MR) is 98.0 cm³/mol. The molecule has 0 spiro atoms. The zero-order valence-electron chi connectivity index (χ0n) is 13.9. The number of hydrogen-bond donors (Lipinski definition) is 1. The molecule has 1 aromatic carbocycles. The lowest BCUT2D eigenvalue weighted by molar-refractivity contribution is 0.198. The molecular weight excluding hydrogens is 341 g/mol. The lowest BCUT2D eigenvalue weighted by atomic mass is 9.91. The molecule has 1 unspecified atom stereocenters. The summed E-state index contributed by atoms with van der Waals surface area (Å²) in [6.07, 6.45) is 5.82. The van der Waals surface area contributed by atoms with Crippen LogP contribution in [-0.4, -0.2) is 29.0 Å². The fourth-order valence-electron chi connectivity index (χ4n) is 2.91. The largest absolute Gasteiger partial charge is 0.324 e. The van der Waals surface area contributed by atoms with Crippen LogP contribution in [0.4, 0.5) is 14.9 Å². The summed E-state index contributed by atoms with van der Waals surface area (Å²) >= 11 is 5.95. The molecule has 1 saturated heterocycles. The fourth-order valence-corrected chi connectivity index (χ4v) is 3.09. The number of carbonyl (C=O) groups excluding carboxylic acids is 1. The van der Waals surface area contributed by atoms with Gasteiger partial charge in [-0.3, -0.25) is 4.98 Å². The van der Waals surface area contributed by atoms with E-state index in [2.05, 4.69) is 10.3 Å². The van der Waals surface area contributed by atoms with Crippen LogP contribution < -0.4 is 5.32 Å². The molecule has 2 heterocycles. The van der Waals surface area contributed by atoms with Crippen LogP contribution in [-0.2, 0) is 0 Å². The Kier molecular flexibility index (Phi) is 5.34. The molecule has 1 aliphatic heterocycles. The molecule has 6 heteroatoms. The van der Waals surface area contributed by atoms with E-state index in [-0.39, 0.29) is 17.8 Å². The first-order valence-electron chi connectivity index (χ1n) is 8.14. The maximum absolute atomic E-state index is 13.9. The molecule has 1 aromatic heterocycles. The van der Waals surface area contributed by atoms with E-state index in [0.29, 0.717) is 35.8 Å². The molecule has 1 aliphatic rings. The van der Waals surface area contributed by atoms with Gasteiger partial charge < -0.3 is 10.2 Å². The minimum Gasteiger partial charge on any atom is -0.324 e. The van der Waals surface area contributed by atoms with Crippen LogP contribution in [0.3, 0.4) is 0 Å². The van der Waals surface area contributed by atoms with Crippen LogP contribution in [0.25, 0.3) is 6.08 Å². The number of nitrogens with zero attached hydrogens (tertiary/aromatic N) is 2. The number of piperidine rings is 1. The van der Waals surface area contributed by atoms with E-state index in [4.69, 9.17) is 11.6 Å². The highest BCUT2D eigenvalue weighted by molar-refractivity contribution is 6.30. The van der Waals surface area contributed by atoms with Crippen molar-refractivity contribution in [1.82, 2.24) is 9.88 Å². The van der Waals surface area contributed by atoms with Crippen molar-refractivity contribution in [2.45, 2.75) is 13.3 Å². The topological polar surface area (TPSA) is 45.2 Å². The van der Waals surface area contributed by atoms with E-state index in [1.165, 1.54) is 12.1 Å². The maximum Gasteiger partial charge on any atom is 0.321 e. The standard InChI is InChI=1S/C19H19ClFN3O/c1-13-12-24(19(25)23-17-3-2-7-22-11-17)8-6-14(13)9-15-10-16(20)4-5-18(15)21/h2-5,7,9-11,13H,6,8,12H2,1H3,(H,23,25). The van der Waals surface area contributed by atoms with Gasteiger partial charge in [0.2, 0.25) is 0 Å². The van der Waals surface area contributed by atoms with Crippen molar-refractivity contribution in [3.05, 3.63) is 64.7 Å². The third kappa shape index (κ3) is 4.37. The number of urea groups is 1. The van der Waals surface area contributed by atoms with Gasteiger partial charge in [-0.25, -0.2) is 9.18 Å². The van der Waals surface area contributed by atoms with Gasteiger partial charge in [0.1, 0.15) is 5.82 Å². The molecule has 2 aromatic rings. The van der Waals surface area contributed by atoms with Crippen molar-refractivity contribution in [2.75, 3.05) is 18.4 Å². The molecule has 1 fully saturated rings. The van der Waals surface area contributed by atoms with Gasteiger partial charge in [0.05, 0.1) is 11.9 Å². The molecule has 4 nitrogen and oxygen atoms in total. The summed E-state index contributed by atoms with van der Waals surface area (Å²) in [6.45, 7) is 3.21. The minimum absolute atomic E-state index is 0.145. The van der Waals surface area contributed by atoms with Crippen LogP contribution in [0, 0.1) is 11.7 Å². The second-order valence-electron chi connectivity index (χ2n) is 6.15. The number of aromatic nitrogens is 1. The third-order valence-electron chi connectivity index (χ3n) is 4.30. The number of rotatable bonds is 2. The van der Waals surface area contributed by atoms with Gasteiger partial charge in [-0.05, 0) is 42.7 Å². The number of halogens is 2. The normalized spacial score (nSPS) is 19.1. The summed E-state index contributed by atoms with van der Waals surface area (Å²) in [4.78, 5) is 18.1. The summed E-state index contributed by atoms with van der Waals surface area (Å²) in [5.74, 6) is -0.146. The number of amides is 2. The van der Waals surface area contributed by atoms with E-state index < -0.39 is 0 Å². The third-order valence-corrected chi connectivity index (χ3v) is 4.53. The van der Waals surface area contributed by atoms with Gasteiger partial charge in [-0.15, -0.1) is 0 Å². The summed E-state index contributed by atoms with van der Waals surface area (Å²) < 4.78 is 13.9. The molecule has 3 rings (SSSR count). The summed E-state index contributed by atoms with van der Waals surface area (Å²) in [7, 11) is 0. The molecule has 1 N–H and O–H groups in total. The first-order chi connectivity index (χ1) is 12.0. The van der Waals surface area contributed by atoms with E-state index in [9.17, 15) is 9.18 Å². The highest BCUT2D eigenvalue weighted by Crippen LogP contribution is 2.27. The lowest BCUT2D eigenvalue weighted by Crippen LogP contribution is -2.42. The fraction of sp³-hybridized carbons (Fsp3) is 0.263. The number of anilines is 1. The Hall–Kier alpha value is -2.40. The average Bonchev–Trinajstić information content (AvgIpc) is 2.60. The maximum atomic E-state index is 13.9. The smallest absolute Gasteiger partial charge is 0.321 e. The molecule has 0 aliphatic carbocycles. The number of benzene rings is 1. The quantitative estimate of drug-likeness (QED) is 0.834. The molecule has 0 saturated carbocycles. The number of pyridine rings is 1. The average molecular weight is 360 g/mol. The second kappa shape index (κ2) is 7.66. The Balaban J connectivity index is 1.67. The summed E-state index contributed by atoms with van der Waals surface area (Å²) in [5.41, 5.74) is 2.27. The Morgan fingerprint density at radius 1 is 1.44 bits per heavy atom. The zero-order valence-corrected chi connectivity index (χ0v) is 14.6. The Bertz CT molecular complexity index is 795. The van der Waals surface area contributed by atoms with Crippen molar-refractivity contribution in [1.29, 1.82) is 0 Å². The van der Waals surface area contributed by atoms with Crippen LogP contribution >= 0.6 is 11.6 Å². The predicted octanol–water partition coefficient (Wildman–Crippen LogP) is 4.83. The summed E-state index contributed by atoms with van der Waals surface area (Å²) in [5, 5.41) is 3.35. The second-order valence-corrected chi connectivity index (χ2v) is 6.59. The Labute approximate surface area is 151 Å². The number of carbonyl (C=O) groups is 1. The highest BCUT2D eigenvalue weighted by atomic mass is 35.5. The van der Waals surface area contributed by atoms with Crippen molar-refractivity contribution in [3.63, 3.8) is 0 Å². The minimum atomic E-state index is -0.291. The van der Waals surface area contributed by atoms with Gasteiger partial charge in [-0.1, -0.05) is 30.2 Å². The van der Waals surface area contributed by atoms with Crippen LogP contribution in [0.2, 0.25) is 5.02 Å².